The number of halogens is 2. The van der Waals surface area contributed by atoms with Crippen molar-refractivity contribution in [2.24, 2.45) is 7.05 Å². The van der Waals surface area contributed by atoms with Crippen LogP contribution in [0.2, 0.25) is 0 Å². The molecule has 10 heteroatoms. The van der Waals surface area contributed by atoms with Gasteiger partial charge in [-0.05, 0) is 50.4 Å². The highest BCUT2D eigenvalue weighted by molar-refractivity contribution is 9.10. The molecular formula is C9H9Br2N5O2S. The lowest BCUT2D eigenvalue weighted by molar-refractivity contribution is 0.578. The van der Waals surface area contributed by atoms with Gasteiger partial charge in [0.05, 0.1) is 11.9 Å². The molecule has 0 fully saturated rings. The number of sulfonamides is 1. The Labute approximate surface area is 126 Å². The van der Waals surface area contributed by atoms with E-state index in [-0.39, 0.29) is 9.63 Å². The molecule has 0 saturated heterocycles. The molecule has 2 rings (SSSR count). The average molecular weight is 411 g/mol. The number of aromatic nitrogens is 4. The molecule has 0 spiro atoms. The van der Waals surface area contributed by atoms with Gasteiger partial charge in [0, 0.05) is 7.05 Å². The summed E-state index contributed by atoms with van der Waals surface area (Å²) in [5.41, 5.74) is 1.19. The highest BCUT2D eigenvalue weighted by Crippen LogP contribution is 2.23. The summed E-state index contributed by atoms with van der Waals surface area (Å²) >= 11 is 6.31. The Hall–Kier alpha value is -1.00. The van der Waals surface area contributed by atoms with E-state index in [1.54, 1.807) is 6.07 Å². The summed E-state index contributed by atoms with van der Waals surface area (Å²) in [6, 6.07) is 1.67. The molecule has 1 N–H and O–H groups in total. The summed E-state index contributed by atoms with van der Waals surface area (Å²) in [5, 5.41) is 7.23. The minimum atomic E-state index is -3.78. The fraction of sp³-hybridized carbons (Fsp3) is 0.222. The molecule has 0 aromatic carbocycles. The van der Waals surface area contributed by atoms with Gasteiger partial charge in [0.15, 0.2) is 4.60 Å². The fourth-order valence-corrected chi connectivity index (χ4v) is 3.77. The molecule has 2 heterocycles. The second-order valence-electron chi connectivity index (χ2n) is 3.75. The highest BCUT2D eigenvalue weighted by Gasteiger charge is 2.24. The van der Waals surface area contributed by atoms with Crippen LogP contribution in [0.3, 0.4) is 0 Å². The average Bonchev–Trinajstić information content (AvgIpc) is 2.64. The SMILES string of the molecule is Cc1cc(NS(=O)(=O)c2c(Br)nnn2C)cnc1Br. The van der Waals surface area contributed by atoms with Gasteiger partial charge in [0.1, 0.15) is 4.60 Å². The number of rotatable bonds is 3. The van der Waals surface area contributed by atoms with Gasteiger partial charge >= 0.3 is 0 Å². The van der Waals surface area contributed by atoms with Crippen molar-refractivity contribution in [2.75, 3.05) is 4.72 Å². The van der Waals surface area contributed by atoms with E-state index in [0.29, 0.717) is 10.3 Å². The molecule has 19 heavy (non-hydrogen) atoms. The molecule has 7 nitrogen and oxygen atoms in total. The first-order valence-corrected chi connectivity index (χ1v) is 8.08. The molecule has 0 radical (unpaired) electrons. The Morgan fingerprint density at radius 2 is 2.00 bits per heavy atom. The quantitative estimate of drug-likeness (QED) is 0.779. The van der Waals surface area contributed by atoms with Gasteiger partial charge in [-0.25, -0.2) is 9.67 Å². The van der Waals surface area contributed by atoms with Gasteiger partial charge in [-0.2, -0.15) is 8.42 Å². The van der Waals surface area contributed by atoms with E-state index in [9.17, 15) is 8.42 Å². The zero-order valence-electron chi connectivity index (χ0n) is 9.92. The first kappa shape index (κ1) is 14.4. The Morgan fingerprint density at radius 1 is 1.32 bits per heavy atom. The van der Waals surface area contributed by atoms with E-state index in [0.717, 1.165) is 5.56 Å². The van der Waals surface area contributed by atoms with Crippen LogP contribution >= 0.6 is 31.9 Å². The predicted octanol–water partition coefficient (Wildman–Crippen LogP) is 1.84. The molecule has 0 aliphatic rings. The van der Waals surface area contributed by atoms with E-state index in [1.807, 2.05) is 6.92 Å². The maximum Gasteiger partial charge on any atom is 0.281 e. The van der Waals surface area contributed by atoms with Crippen molar-refractivity contribution in [3.8, 4) is 0 Å². The van der Waals surface area contributed by atoms with Crippen LogP contribution in [0.15, 0.2) is 26.5 Å². The number of nitrogens with zero attached hydrogens (tertiary/aromatic N) is 4. The number of nitrogens with one attached hydrogen (secondary N) is 1. The largest absolute Gasteiger partial charge is 0.281 e. The molecular weight excluding hydrogens is 402 g/mol. The van der Waals surface area contributed by atoms with Crippen LogP contribution in [-0.2, 0) is 17.1 Å². The molecule has 0 aliphatic heterocycles. The Balaban J connectivity index is 2.39. The summed E-state index contributed by atoms with van der Waals surface area (Å²) in [5.74, 6) is 0. The third kappa shape index (κ3) is 2.95. The van der Waals surface area contributed by atoms with Crippen LogP contribution in [0.5, 0.6) is 0 Å². The number of hydrogen-bond donors (Lipinski definition) is 1. The normalized spacial score (nSPS) is 11.6. The topological polar surface area (TPSA) is 89.8 Å². The number of aryl methyl sites for hydroxylation is 2. The second kappa shape index (κ2) is 5.17. The Kier molecular flexibility index (Phi) is 3.92. The van der Waals surface area contributed by atoms with E-state index < -0.39 is 10.0 Å². The van der Waals surface area contributed by atoms with E-state index >= 15 is 0 Å². The maximum absolute atomic E-state index is 12.2. The van der Waals surface area contributed by atoms with Crippen LogP contribution in [0.4, 0.5) is 5.69 Å². The predicted molar refractivity (Wildman–Crippen MR) is 76.2 cm³/mol. The molecule has 2 aromatic rings. The third-order valence-electron chi connectivity index (χ3n) is 2.26. The Bertz CT molecular complexity index is 709. The van der Waals surface area contributed by atoms with Gasteiger partial charge < -0.3 is 0 Å². The zero-order chi connectivity index (χ0) is 14.2. The van der Waals surface area contributed by atoms with Crippen LogP contribution in [0.25, 0.3) is 0 Å². The van der Waals surface area contributed by atoms with Gasteiger partial charge in [-0.3, -0.25) is 4.72 Å². The smallest absolute Gasteiger partial charge is 0.277 e. The van der Waals surface area contributed by atoms with E-state index in [1.165, 1.54) is 17.9 Å². The van der Waals surface area contributed by atoms with Crippen LogP contribution in [-0.4, -0.2) is 28.4 Å². The van der Waals surface area contributed by atoms with Crippen LogP contribution < -0.4 is 4.72 Å². The minimum Gasteiger partial charge on any atom is -0.277 e. The molecule has 2 aromatic heterocycles. The fourth-order valence-electron chi connectivity index (χ4n) is 1.43. The first-order chi connectivity index (χ1) is 8.81. The van der Waals surface area contributed by atoms with Crippen molar-refractivity contribution < 1.29 is 8.42 Å². The second-order valence-corrected chi connectivity index (χ2v) is 6.85. The van der Waals surface area contributed by atoms with Crippen molar-refractivity contribution in [3.05, 3.63) is 27.0 Å². The summed E-state index contributed by atoms with van der Waals surface area (Å²) in [6.07, 6.45) is 1.42. The lowest BCUT2D eigenvalue weighted by Crippen LogP contribution is -2.17. The third-order valence-corrected chi connectivity index (χ3v) is 5.36. The molecule has 102 valence electrons. The summed E-state index contributed by atoms with van der Waals surface area (Å²) in [4.78, 5) is 4.03. The number of hydrogen-bond acceptors (Lipinski definition) is 5. The summed E-state index contributed by atoms with van der Waals surface area (Å²) in [7, 11) is -2.28. The van der Waals surface area contributed by atoms with E-state index in [2.05, 4.69) is 51.9 Å². The van der Waals surface area contributed by atoms with Crippen molar-refractivity contribution in [2.45, 2.75) is 11.9 Å². The van der Waals surface area contributed by atoms with Crippen LogP contribution in [0.1, 0.15) is 5.56 Å². The summed E-state index contributed by atoms with van der Waals surface area (Å²) < 4.78 is 28.9. The lowest BCUT2D eigenvalue weighted by atomic mass is 10.3. The highest BCUT2D eigenvalue weighted by atomic mass is 79.9. The molecule has 0 atom stereocenters. The van der Waals surface area contributed by atoms with Gasteiger partial charge in [0.2, 0.25) is 5.03 Å². The zero-order valence-corrected chi connectivity index (χ0v) is 13.9. The number of pyridine rings is 1. The van der Waals surface area contributed by atoms with E-state index in [4.69, 9.17) is 0 Å². The molecule has 0 amide bonds. The molecule has 0 saturated carbocycles. The van der Waals surface area contributed by atoms with Crippen molar-refractivity contribution in [1.82, 2.24) is 20.0 Å². The minimum absolute atomic E-state index is 0.0481. The van der Waals surface area contributed by atoms with Crippen molar-refractivity contribution in [1.29, 1.82) is 0 Å². The molecule has 0 bridgehead atoms. The Morgan fingerprint density at radius 3 is 2.53 bits per heavy atom. The van der Waals surface area contributed by atoms with Gasteiger partial charge in [-0.1, -0.05) is 5.21 Å². The van der Waals surface area contributed by atoms with Crippen LogP contribution in [0, 0.1) is 6.92 Å². The van der Waals surface area contributed by atoms with Crippen molar-refractivity contribution in [3.63, 3.8) is 0 Å². The standard InChI is InChI=1S/C9H9Br2N5O2S/c1-5-3-6(4-12-7(5)10)14-19(17,18)9-8(11)13-15-16(9)2/h3-4,14H,1-2H3. The van der Waals surface area contributed by atoms with Gasteiger partial charge in [-0.15, -0.1) is 5.10 Å². The maximum atomic E-state index is 12.2. The van der Waals surface area contributed by atoms with Gasteiger partial charge in [0.25, 0.3) is 10.0 Å². The van der Waals surface area contributed by atoms with Crippen molar-refractivity contribution >= 4 is 47.6 Å². The number of anilines is 1. The molecule has 0 aliphatic carbocycles. The first-order valence-electron chi connectivity index (χ1n) is 5.01. The summed E-state index contributed by atoms with van der Waals surface area (Å²) in [6.45, 7) is 1.82. The molecule has 0 unspecified atom stereocenters. The monoisotopic (exact) mass is 409 g/mol. The lowest BCUT2D eigenvalue weighted by Gasteiger charge is -2.08.